The minimum absolute atomic E-state index is 0.100. The fraction of sp³-hybridized carbons (Fsp3) is 0.0556. The highest BCUT2D eigenvalue weighted by molar-refractivity contribution is 5.60. The van der Waals surface area contributed by atoms with Crippen molar-refractivity contribution in [1.29, 1.82) is 15.8 Å². The number of halogens is 5. The molecule has 0 aliphatic carbocycles. The van der Waals surface area contributed by atoms with Gasteiger partial charge in [0.2, 0.25) is 0 Å². The van der Waals surface area contributed by atoms with Crippen LogP contribution in [0.4, 0.5) is 27.6 Å². The van der Waals surface area contributed by atoms with Crippen LogP contribution in [-0.2, 0) is 6.18 Å². The number of rotatable bonds is 4. The Hall–Kier alpha value is -4.10. The Morgan fingerprint density at radius 3 is 2.04 bits per heavy atom. The lowest BCUT2D eigenvalue weighted by molar-refractivity contribution is -0.138. The van der Waals surface area contributed by atoms with E-state index in [2.05, 4.69) is 5.32 Å². The van der Waals surface area contributed by atoms with Crippen LogP contribution in [0.1, 0.15) is 5.56 Å². The normalized spacial score (nSPS) is 10.2. The first-order valence-electron chi connectivity index (χ1n) is 7.25. The predicted molar refractivity (Wildman–Crippen MR) is 85.4 cm³/mol. The molecule has 140 valence electrons. The quantitative estimate of drug-likeness (QED) is 0.585. The highest BCUT2D eigenvalue weighted by Gasteiger charge is 2.33. The van der Waals surface area contributed by atoms with Crippen LogP contribution in [0.5, 0.6) is 11.5 Å². The summed E-state index contributed by atoms with van der Waals surface area (Å²) in [4.78, 5) is 0. The largest absolute Gasteiger partial charge is 0.451 e. The lowest BCUT2D eigenvalue weighted by atomic mass is 10.2. The second-order valence-electron chi connectivity index (χ2n) is 5.11. The summed E-state index contributed by atoms with van der Waals surface area (Å²) >= 11 is 0. The molecule has 0 aromatic heterocycles. The Labute approximate surface area is 155 Å². The van der Waals surface area contributed by atoms with Crippen molar-refractivity contribution in [1.82, 2.24) is 0 Å². The van der Waals surface area contributed by atoms with Gasteiger partial charge in [0.25, 0.3) is 0 Å². The third-order valence-electron chi connectivity index (χ3n) is 3.23. The average molecular weight is 390 g/mol. The summed E-state index contributed by atoms with van der Waals surface area (Å²) in [5, 5.41) is 29.0. The van der Waals surface area contributed by atoms with Crippen LogP contribution in [0.3, 0.4) is 0 Å². The smallest absolute Gasteiger partial charge is 0.416 e. The van der Waals surface area contributed by atoms with Crippen LogP contribution in [0.2, 0.25) is 0 Å². The van der Waals surface area contributed by atoms with Crippen molar-refractivity contribution in [2.24, 2.45) is 0 Å². The molecule has 0 bridgehead atoms. The molecule has 10 heteroatoms. The fourth-order valence-corrected chi connectivity index (χ4v) is 2.00. The Bertz CT molecular complexity index is 1030. The lowest BCUT2D eigenvalue weighted by Gasteiger charge is -2.12. The van der Waals surface area contributed by atoms with Crippen molar-refractivity contribution in [3.63, 3.8) is 0 Å². The molecular weight excluding hydrogens is 383 g/mol. The molecule has 0 unspecified atom stereocenters. The summed E-state index contributed by atoms with van der Waals surface area (Å²) in [7, 11) is 0. The molecule has 2 aromatic carbocycles. The molecule has 0 aliphatic heterocycles. The average Bonchev–Trinajstić information content (AvgIpc) is 2.64. The maximum atomic E-state index is 13.9. The molecule has 0 saturated heterocycles. The zero-order chi connectivity index (χ0) is 20.9. The zero-order valence-corrected chi connectivity index (χ0v) is 13.6. The van der Waals surface area contributed by atoms with Gasteiger partial charge >= 0.3 is 6.18 Å². The van der Waals surface area contributed by atoms with Crippen molar-refractivity contribution in [2.45, 2.75) is 6.18 Å². The van der Waals surface area contributed by atoms with E-state index in [1.165, 1.54) is 36.4 Å². The molecule has 0 fully saturated rings. The first-order chi connectivity index (χ1) is 13.2. The number of hydrogen-bond donors (Lipinski definition) is 1. The number of ether oxygens (including phenoxy) is 1. The van der Waals surface area contributed by atoms with E-state index < -0.39 is 34.7 Å². The standard InChI is InChI=1S/C18H7F5N4O/c19-14-4-11(18(21,22)23)5-15(20)17(14)28-13-3-1-2-12(6-13)27-16(9-26)10(7-24)8-25/h1-6,27H. The Balaban J connectivity index is 2.35. The Kier molecular flexibility index (Phi) is 5.82. The van der Waals surface area contributed by atoms with Crippen molar-refractivity contribution in [2.75, 3.05) is 5.32 Å². The van der Waals surface area contributed by atoms with Gasteiger partial charge < -0.3 is 10.1 Å². The lowest BCUT2D eigenvalue weighted by Crippen LogP contribution is -2.07. The van der Waals surface area contributed by atoms with Crippen molar-refractivity contribution >= 4 is 5.69 Å². The van der Waals surface area contributed by atoms with Crippen LogP contribution in [0, 0.1) is 45.6 Å². The van der Waals surface area contributed by atoms with Gasteiger partial charge in [0.1, 0.15) is 29.7 Å². The van der Waals surface area contributed by atoms with Gasteiger partial charge in [-0.2, -0.15) is 29.0 Å². The van der Waals surface area contributed by atoms with Crippen LogP contribution in [-0.4, -0.2) is 0 Å². The molecule has 2 rings (SSSR count). The maximum Gasteiger partial charge on any atom is 0.416 e. The molecule has 2 aromatic rings. The molecule has 0 atom stereocenters. The Morgan fingerprint density at radius 2 is 1.54 bits per heavy atom. The van der Waals surface area contributed by atoms with E-state index in [0.717, 1.165) is 0 Å². The van der Waals surface area contributed by atoms with E-state index in [4.69, 9.17) is 20.5 Å². The summed E-state index contributed by atoms with van der Waals surface area (Å²) in [6.07, 6.45) is -4.93. The number of anilines is 1. The minimum atomic E-state index is -4.93. The van der Waals surface area contributed by atoms with Crippen LogP contribution >= 0.6 is 0 Å². The number of nitrogens with one attached hydrogen (secondary N) is 1. The van der Waals surface area contributed by atoms with Gasteiger partial charge in [-0.05, 0) is 24.3 Å². The summed E-state index contributed by atoms with van der Waals surface area (Å²) in [6.45, 7) is 0. The van der Waals surface area contributed by atoms with Gasteiger partial charge in [-0.1, -0.05) is 6.07 Å². The third-order valence-corrected chi connectivity index (χ3v) is 3.23. The van der Waals surface area contributed by atoms with E-state index in [9.17, 15) is 22.0 Å². The molecule has 1 N–H and O–H groups in total. The first kappa shape index (κ1) is 20.2. The van der Waals surface area contributed by atoms with Gasteiger partial charge in [0.05, 0.1) is 5.56 Å². The number of alkyl halides is 3. The minimum Gasteiger partial charge on any atom is -0.451 e. The van der Waals surface area contributed by atoms with Gasteiger partial charge in [0.15, 0.2) is 23.0 Å². The summed E-state index contributed by atoms with van der Waals surface area (Å²) in [5.41, 5.74) is -2.23. The first-order valence-corrected chi connectivity index (χ1v) is 7.25. The molecule has 0 spiro atoms. The molecule has 28 heavy (non-hydrogen) atoms. The van der Waals surface area contributed by atoms with E-state index in [-0.39, 0.29) is 29.3 Å². The molecule has 0 amide bonds. The fourth-order valence-electron chi connectivity index (χ4n) is 2.00. The van der Waals surface area contributed by atoms with Crippen LogP contribution in [0.15, 0.2) is 47.7 Å². The Morgan fingerprint density at radius 1 is 0.929 bits per heavy atom. The number of nitriles is 3. The van der Waals surface area contributed by atoms with Crippen LogP contribution in [0.25, 0.3) is 0 Å². The van der Waals surface area contributed by atoms with E-state index in [1.807, 2.05) is 0 Å². The topological polar surface area (TPSA) is 92.6 Å². The molecule has 0 heterocycles. The third kappa shape index (κ3) is 4.54. The number of allylic oxidation sites excluding steroid dienone is 2. The van der Waals surface area contributed by atoms with Crippen molar-refractivity contribution < 1.29 is 26.7 Å². The molecular formula is C18H7F5N4O. The van der Waals surface area contributed by atoms with Crippen molar-refractivity contribution in [3.05, 3.63) is 64.9 Å². The van der Waals surface area contributed by atoms with E-state index >= 15 is 0 Å². The second kappa shape index (κ2) is 8.07. The maximum absolute atomic E-state index is 13.9. The van der Waals surface area contributed by atoms with Gasteiger partial charge in [-0.15, -0.1) is 0 Å². The van der Waals surface area contributed by atoms with Crippen LogP contribution < -0.4 is 10.1 Å². The zero-order valence-electron chi connectivity index (χ0n) is 13.6. The van der Waals surface area contributed by atoms with Gasteiger partial charge in [0, 0.05) is 11.8 Å². The molecule has 0 radical (unpaired) electrons. The number of nitrogens with zero attached hydrogens (tertiary/aromatic N) is 3. The monoisotopic (exact) mass is 390 g/mol. The number of benzene rings is 2. The second-order valence-corrected chi connectivity index (χ2v) is 5.11. The molecule has 0 aliphatic rings. The molecule has 5 nitrogen and oxygen atoms in total. The summed E-state index contributed by atoms with van der Waals surface area (Å²) in [5.74, 6) is -4.33. The highest BCUT2D eigenvalue weighted by atomic mass is 19.4. The van der Waals surface area contributed by atoms with Crippen molar-refractivity contribution in [3.8, 4) is 29.7 Å². The van der Waals surface area contributed by atoms with E-state index in [0.29, 0.717) is 0 Å². The van der Waals surface area contributed by atoms with Gasteiger partial charge in [-0.3, -0.25) is 0 Å². The summed E-state index contributed by atoms with van der Waals surface area (Å²) < 4.78 is 70.5. The number of hydrogen-bond acceptors (Lipinski definition) is 5. The van der Waals surface area contributed by atoms with Gasteiger partial charge in [-0.25, -0.2) is 8.78 Å². The predicted octanol–water partition coefficient (Wildman–Crippen LogP) is 5.01. The summed E-state index contributed by atoms with van der Waals surface area (Å²) in [6, 6.07) is 10.0. The van der Waals surface area contributed by atoms with E-state index in [1.54, 1.807) is 6.07 Å². The SMILES string of the molecule is N#CC(C#N)=C(C#N)Nc1cccc(Oc2c(F)cc(C(F)(F)F)cc2F)c1. The molecule has 0 saturated carbocycles. The highest BCUT2D eigenvalue weighted by Crippen LogP contribution is 2.35.